The molecule has 0 fully saturated rings. The summed E-state index contributed by atoms with van der Waals surface area (Å²) >= 11 is 3.99. The number of hydrogen-bond acceptors (Lipinski definition) is 2. The highest BCUT2D eigenvalue weighted by Crippen LogP contribution is 1.98. The Hall–Kier alpha value is -0.110. The first kappa shape index (κ1) is 8.89. The van der Waals surface area contributed by atoms with Gasteiger partial charge in [0.05, 0.1) is 5.03 Å². The fourth-order valence-electron chi connectivity index (χ4n) is 0.505. The summed E-state index contributed by atoms with van der Waals surface area (Å²) in [6.07, 6.45) is 1.18. The molecule has 0 saturated heterocycles. The highest BCUT2D eigenvalue weighted by Gasteiger charge is 1.91. The van der Waals surface area contributed by atoms with Crippen molar-refractivity contribution in [2.45, 2.75) is 20.3 Å². The number of nitrogens with one attached hydrogen (secondary N) is 1. The first-order chi connectivity index (χ1) is 4.13. The van der Waals surface area contributed by atoms with Crippen molar-refractivity contribution in [2.24, 2.45) is 5.92 Å². The van der Waals surface area contributed by atoms with E-state index in [1.165, 1.54) is 6.42 Å². The monoisotopic (exact) mass is 145 g/mol. The third kappa shape index (κ3) is 7.89. The predicted octanol–water partition coefficient (Wildman–Crippen LogP) is 2.02. The van der Waals surface area contributed by atoms with Crippen molar-refractivity contribution in [1.82, 2.24) is 5.32 Å². The van der Waals surface area contributed by atoms with Crippen LogP contribution in [0.15, 0.2) is 11.6 Å². The zero-order valence-electron chi connectivity index (χ0n) is 6.15. The maximum absolute atomic E-state index is 3.99. The van der Waals surface area contributed by atoms with Crippen molar-refractivity contribution >= 4 is 12.6 Å². The molecule has 0 rings (SSSR count). The minimum atomic E-state index is 0.755. The first-order valence-electron chi connectivity index (χ1n) is 3.24. The normalized spacial score (nSPS) is 9.78. The Bertz CT molecular complexity index is 88.9. The van der Waals surface area contributed by atoms with Gasteiger partial charge >= 0.3 is 0 Å². The molecule has 0 heterocycles. The third-order valence-electron chi connectivity index (χ3n) is 1.05. The van der Waals surface area contributed by atoms with Crippen LogP contribution in [0.5, 0.6) is 0 Å². The Morgan fingerprint density at radius 3 is 2.56 bits per heavy atom. The molecule has 0 aromatic carbocycles. The van der Waals surface area contributed by atoms with Crippen LogP contribution >= 0.6 is 12.6 Å². The van der Waals surface area contributed by atoms with E-state index < -0.39 is 0 Å². The summed E-state index contributed by atoms with van der Waals surface area (Å²) in [7, 11) is 0. The van der Waals surface area contributed by atoms with Gasteiger partial charge in [0.1, 0.15) is 0 Å². The molecule has 0 amide bonds. The lowest BCUT2D eigenvalue weighted by Gasteiger charge is -2.05. The summed E-state index contributed by atoms with van der Waals surface area (Å²) < 4.78 is 0. The van der Waals surface area contributed by atoms with Crippen molar-refractivity contribution < 1.29 is 0 Å². The fourth-order valence-corrected chi connectivity index (χ4v) is 0.617. The van der Waals surface area contributed by atoms with Crippen LogP contribution < -0.4 is 5.32 Å². The lowest BCUT2D eigenvalue weighted by Crippen LogP contribution is -2.12. The van der Waals surface area contributed by atoms with Gasteiger partial charge in [0.25, 0.3) is 0 Å². The van der Waals surface area contributed by atoms with Gasteiger partial charge in [-0.2, -0.15) is 0 Å². The van der Waals surface area contributed by atoms with Gasteiger partial charge in [-0.05, 0) is 12.3 Å². The molecule has 0 aliphatic rings. The second-order valence-corrected chi connectivity index (χ2v) is 3.10. The van der Waals surface area contributed by atoms with E-state index in [2.05, 4.69) is 38.4 Å². The SMILES string of the molecule is C=C(S)NCCC(C)C. The van der Waals surface area contributed by atoms with E-state index in [4.69, 9.17) is 0 Å². The average molecular weight is 145 g/mol. The van der Waals surface area contributed by atoms with Crippen molar-refractivity contribution in [2.75, 3.05) is 6.54 Å². The van der Waals surface area contributed by atoms with Gasteiger partial charge in [-0.25, -0.2) is 0 Å². The molecule has 0 atom stereocenters. The van der Waals surface area contributed by atoms with Gasteiger partial charge in [0.15, 0.2) is 0 Å². The summed E-state index contributed by atoms with van der Waals surface area (Å²) in [5, 5.41) is 3.81. The molecule has 9 heavy (non-hydrogen) atoms. The minimum Gasteiger partial charge on any atom is -0.381 e. The topological polar surface area (TPSA) is 12.0 Å². The van der Waals surface area contributed by atoms with E-state index in [-0.39, 0.29) is 0 Å². The van der Waals surface area contributed by atoms with E-state index in [0.717, 1.165) is 17.5 Å². The summed E-state index contributed by atoms with van der Waals surface area (Å²) in [5.74, 6) is 0.755. The van der Waals surface area contributed by atoms with Crippen molar-refractivity contribution in [3.8, 4) is 0 Å². The molecule has 0 aliphatic heterocycles. The molecule has 0 saturated carbocycles. The quantitative estimate of drug-likeness (QED) is 0.577. The van der Waals surface area contributed by atoms with E-state index in [0.29, 0.717) is 0 Å². The molecule has 0 aromatic rings. The Morgan fingerprint density at radius 1 is 1.67 bits per heavy atom. The van der Waals surface area contributed by atoms with Crippen LogP contribution in [0, 0.1) is 5.92 Å². The zero-order valence-corrected chi connectivity index (χ0v) is 7.04. The maximum Gasteiger partial charge on any atom is 0.0577 e. The summed E-state index contributed by atoms with van der Waals surface area (Å²) in [6.45, 7) is 8.99. The standard InChI is InChI=1S/C7H15NS/c1-6(2)4-5-8-7(3)9/h6,8-9H,3-5H2,1-2H3. The molecule has 2 heteroatoms. The van der Waals surface area contributed by atoms with Crippen molar-refractivity contribution in [3.63, 3.8) is 0 Å². The summed E-state index contributed by atoms with van der Waals surface area (Å²) in [4.78, 5) is 0. The van der Waals surface area contributed by atoms with E-state index in [1.54, 1.807) is 0 Å². The van der Waals surface area contributed by atoms with E-state index >= 15 is 0 Å². The lowest BCUT2D eigenvalue weighted by molar-refractivity contribution is 0.569. The van der Waals surface area contributed by atoms with E-state index in [9.17, 15) is 0 Å². The molecular formula is C7H15NS. The van der Waals surface area contributed by atoms with Crippen LogP contribution in [0.25, 0.3) is 0 Å². The van der Waals surface area contributed by atoms with Gasteiger partial charge in [-0.1, -0.05) is 20.4 Å². The fraction of sp³-hybridized carbons (Fsp3) is 0.714. The van der Waals surface area contributed by atoms with Gasteiger partial charge in [0.2, 0.25) is 0 Å². The average Bonchev–Trinajstić information content (AvgIpc) is 1.63. The lowest BCUT2D eigenvalue weighted by atomic mass is 10.1. The number of rotatable bonds is 4. The molecule has 1 nitrogen and oxygen atoms in total. The summed E-state index contributed by atoms with van der Waals surface area (Å²) in [6, 6.07) is 0. The van der Waals surface area contributed by atoms with Crippen LogP contribution in [0.3, 0.4) is 0 Å². The number of hydrogen-bond donors (Lipinski definition) is 2. The summed E-state index contributed by atoms with van der Waals surface area (Å²) in [5.41, 5.74) is 0. The van der Waals surface area contributed by atoms with Crippen LogP contribution in [0.2, 0.25) is 0 Å². The molecule has 0 bridgehead atoms. The van der Waals surface area contributed by atoms with Crippen molar-refractivity contribution in [3.05, 3.63) is 11.6 Å². The van der Waals surface area contributed by atoms with Crippen LogP contribution in [0.4, 0.5) is 0 Å². The van der Waals surface area contributed by atoms with Crippen LogP contribution in [-0.2, 0) is 0 Å². The maximum atomic E-state index is 3.99. The highest BCUT2D eigenvalue weighted by molar-refractivity contribution is 7.84. The second-order valence-electron chi connectivity index (χ2n) is 2.56. The van der Waals surface area contributed by atoms with Crippen LogP contribution in [0.1, 0.15) is 20.3 Å². The molecule has 1 N–H and O–H groups in total. The molecule has 0 radical (unpaired) electrons. The Labute approximate surface area is 62.9 Å². The largest absolute Gasteiger partial charge is 0.381 e. The van der Waals surface area contributed by atoms with Gasteiger partial charge in [0, 0.05) is 6.54 Å². The molecular weight excluding hydrogens is 130 g/mol. The van der Waals surface area contributed by atoms with Crippen molar-refractivity contribution in [1.29, 1.82) is 0 Å². The van der Waals surface area contributed by atoms with Crippen LogP contribution in [-0.4, -0.2) is 6.54 Å². The zero-order chi connectivity index (χ0) is 7.28. The Morgan fingerprint density at radius 2 is 2.22 bits per heavy atom. The Balaban J connectivity index is 3.01. The first-order valence-corrected chi connectivity index (χ1v) is 3.69. The molecule has 0 spiro atoms. The molecule has 0 aliphatic carbocycles. The van der Waals surface area contributed by atoms with Gasteiger partial charge in [-0.3, -0.25) is 0 Å². The smallest absolute Gasteiger partial charge is 0.0577 e. The predicted molar refractivity (Wildman–Crippen MR) is 45.6 cm³/mol. The highest BCUT2D eigenvalue weighted by atomic mass is 32.1. The van der Waals surface area contributed by atoms with Gasteiger partial charge in [-0.15, -0.1) is 12.6 Å². The second kappa shape index (κ2) is 4.74. The molecule has 0 aromatic heterocycles. The minimum absolute atomic E-state index is 0.755. The molecule has 0 unspecified atom stereocenters. The van der Waals surface area contributed by atoms with Gasteiger partial charge < -0.3 is 5.32 Å². The van der Waals surface area contributed by atoms with E-state index in [1.807, 2.05) is 0 Å². The number of thiol groups is 1. The Kier molecular flexibility index (Phi) is 4.68. The molecule has 54 valence electrons. The third-order valence-corrected chi connectivity index (χ3v) is 1.21.